The van der Waals surface area contributed by atoms with Crippen molar-refractivity contribution < 1.29 is 48.6 Å². The van der Waals surface area contributed by atoms with E-state index < -0.39 is 54.6 Å². The molecule has 6 aromatic carbocycles. The second-order valence-electron chi connectivity index (χ2n) is 12.9. The van der Waals surface area contributed by atoms with Crippen LogP contribution in [0.15, 0.2) is 133 Å². The van der Waals surface area contributed by atoms with E-state index in [2.05, 4.69) is 0 Å². The molecule has 0 heterocycles. The van der Waals surface area contributed by atoms with Crippen molar-refractivity contribution in [2.75, 3.05) is 0 Å². The predicted octanol–water partition coefficient (Wildman–Crippen LogP) is 9.05. The van der Waals surface area contributed by atoms with Crippen molar-refractivity contribution in [2.45, 2.75) is 0 Å². The van der Waals surface area contributed by atoms with Crippen LogP contribution in [0.5, 0.6) is 0 Å². The highest BCUT2D eigenvalue weighted by atomic mass is 17.2. The van der Waals surface area contributed by atoms with Crippen LogP contribution in [0.25, 0.3) is 24.3 Å². The van der Waals surface area contributed by atoms with Crippen molar-refractivity contribution in [3.8, 4) is 0 Å². The van der Waals surface area contributed by atoms with E-state index in [4.69, 9.17) is 9.78 Å². The lowest BCUT2D eigenvalue weighted by Crippen LogP contribution is -2.15. The fraction of sp³-hybridized carbons (Fsp3) is 0. The number of nitrogens with zero attached hydrogens (tertiary/aromatic N) is 4. The zero-order chi connectivity index (χ0) is 44.5. The highest BCUT2D eigenvalue weighted by Crippen LogP contribution is 2.27. The average molecular weight is 835 g/mol. The highest BCUT2D eigenvalue weighted by molar-refractivity contribution is 6.13. The second kappa shape index (κ2) is 18.5. The third kappa shape index (κ3) is 9.68. The molecule has 0 atom stereocenters. The number of para-hydroxylation sites is 2. The first kappa shape index (κ1) is 42.3. The molecule has 0 amide bonds. The largest absolute Gasteiger partial charge is 0.386 e. The first-order valence-electron chi connectivity index (χ1n) is 17.8. The third-order valence-corrected chi connectivity index (χ3v) is 9.07. The van der Waals surface area contributed by atoms with E-state index in [9.17, 15) is 59.6 Å². The second-order valence-corrected chi connectivity index (χ2v) is 12.9. The molecule has 0 saturated carbocycles. The first-order chi connectivity index (χ1) is 29.7. The molecule has 0 fully saturated rings. The number of nitro benzene ring substituents is 4. The standard InChI is InChI=1S/C44H26N4O14/c49-41(37-5-1-3-7-39(37)47(57)58)31-17-23-35(29(25-31)15-9-27-11-19-33(20-12-27)45(53)54)43(51)61-62-44(52)36-24-18-32(42(50)38-6-2-4-8-40(38)48(59)60)26-30(36)16-10-28-13-21-34(22-14-28)46(55)56/h1-26H/b15-9+,16-10+. The fourth-order valence-corrected chi connectivity index (χ4v) is 5.97. The van der Waals surface area contributed by atoms with E-state index in [1.54, 1.807) is 0 Å². The number of carbonyl (C=O) groups is 4. The van der Waals surface area contributed by atoms with Gasteiger partial charge in [-0.25, -0.2) is 19.4 Å². The van der Waals surface area contributed by atoms with Gasteiger partial charge >= 0.3 is 11.9 Å². The number of ketones is 2. The quantitative estimate of drug-likeness (QED) is 0.0326. The summed E-state index contributed by atoms with van der Waals surface area (Å²) in [5.74, 6) is -3.99. The van der Waals surface area contributed by atoms with Gasteiger partial charge in [0.25, 0.3) is 22.7 Å². The predicted molar refractivity (Wildman–Crippen MR) is 221 cm³/mol. The van der Waals surface area contributed by atoms with Crippen molar-refractivity contribution in [1.82, 2.24) is 0 Å². The van der Waals surface area contributed by atoms with Gasteiger partial charge < -0.3 is 0 Å². The molecule has 0 spiro atoms. The van der Waals surface area contributed by atoms with Crippen molar-refractivity contribution in [2.24, 2.45) is 0 Å². The van der Waals surface area contributed by atoms with Gasteiger partial charge in [0.2, 0.25) is 0 Å². The summed E-state index contributed by atoms with van der Waals surface area (Å²) in [7, 11) is 0. The minimum absolute atomic E-state index is 0.0124. The summed E-state index contributed by atoms with van der Waals surface area (Å²) in [6.07, 6.45) is 5.64. The molecule has 6 aromatic rings. The van der Waals surface area contributed by atoms with Gasteiger partial charge in [0.1, 0.15) is 11.1 Å². The van der Waals surface area contributed by atoms with Crippen molar-refractivity contribution in [3.05, 3.63) is 230 Å². The molecule has 0 radical (unpaired) electrons. The third-order valence-electron chi connectivity index (χ3n) is 9.07. The molecule has 0 unspecified atom stereocenters. The Balaban J connectivity index is 1.32. The van der Waals surface area contributed by atoms with Crippen LogP contribution in [-0.4, -0.2) is 43.2 Å². The van der Waals surface area contributed by atoms with E-state index in [1.165, 1.54) is 133 Å². The summed E-state index contributed by atoms with van der Waals surface area (Å²) in [6, 6.07) is 28.3. The van der Waals surface area contributed by atoms with Gasteiger partial charge in [-0.05, 0) is 82.9 Å². The Labute approximate surface area is 348 Å². The van der Waals surface area contributed by atoms with E-state index in [1.807, 2.05) is 0 Å². The number of rotatable bonds is 14. The van der Waals surface area contributed by atoms with E-state index >= 15 is 0 Å². The van der Waals surface area contributed by atoms with Crippen LogP contribution >= 0.6 is 0 Å². The lowest BCUT2D eigenvalue weighted by molar-refractivity contribution is -0.385. The van der Waals surface area contributed by atoms with Gasteiger partial charge in [0.05, 0.1) is 30.8 Å². The Morgan fingerprint density at radius 1 is 0.403 bits per heavy atom. The molecule has 0 saturated heterocycles. The molecule has 306 valence electrons. The van der Waals surface area contributed by atoms with E-state index in [0.717, 1.165) is 24.3 Å². The average Bonchev–Trinajstić information content (AvgIpc) is 3.28. The summed E-state index contributed by atoms with van der Waals surface area (Å²) < 4.78 is 0. The number of nitro groups is 4. The van der Waals surface area contributed by atoms with Crippen LogP contribution in [0.3, 0.4) is 0 Å². The molecule has 18 nitrogen and oxygen atoms in total. The van der Waals surface area contributed by atoms with Gasteiger partial charge in [-0.15, -0.1) is 0 Å². The van der Waals surface area contributed by atoms with Crippen LogP contribution in [-0.2, 0) is 9.78 Å². The minimum Gasteiger partial charge on any atom is -0.288 e. The maximum atomic E-state index is 13.5. The lowest BCUT2D eigenvalue weighted by atomic mass is 9.96. The van der Waals surface area contributed by atoms with Crippen molar-refractivity contribution in [1.29, 1.82) is 0 Å². The number of hydrogen-bond acceptors (Lipinski definition) is 14. The molecule has 0 N–H and O–H groups in total. The topological polar surface area (TPSA) is 259 Å². The molecule has 62 heavy (non-hydrogen) atoms. The number of benzene rings is 6. The van der Waals surface area contributed by atoms with Gasteiger partial charge in [0.15, 0.2) is 11.6 Å². The van der Waals surface area contributed by atoms with Crippen molar-refractivity contribution >= 4 is 70.6 Å². The first-order valence-corrected chi connectivity index (χ1v) is 17.8. The minimum atomic E-state index is -1.24. The van der Waals surface area contributed by atoms with Crippen LogP contribution in [0, 0.1) is 40.5 Å². The zero-order valence-electron chi connectivity index (χ0n) is 31.5. The zero-order valence-corrected chi connectivity index (χ0v) is 31.5. The van der Waals surface area contributed by atoms with E-state index in [-0.39, 0.29) is 55.9 Å². The summed E-state index contributed by atoms with van der Waals surface area (Å²) in [5.41, 5.74) is -1.51. The highest BCUT2D eigenvalue weighted by Gasteiger charge is 2.25. The normalized spacial score (nSPS) is 10.9. The van der Waals surface area contributed by atoms with Gasteiger partial charge in [-0.2, -0.15) is 0 Å². The molecule has 0 aliphatic heterocycles. The molecule has 0 aromatic heterocycles. The SMILES string of the molecule is O=C(OOC(=O)c1ccc(C(=O)c2ccccc2[N+](=O)[O-])cc1/C=C/c1ccc([N+](=O)[O-])cc1)c1ccc(C(=O)c2ccccc2[N+](=O)[O-])cc1/C=C/c1ccc([N+](=O)[O-])cc1. The monoisotopic (exact) mass is 834 g/mol. The maximum Gasteiger partial charge on any atom is 0.386 e. The summed E-state index contributed by atoms with van der Waals surface area (Å²) >= 11 is 0. The number of hydrogen-bond donors (Lipinski definition) is 0. The summed E-state index contributed by atoms with van der Waals surface area (Å²) in [4.78, 5) is 107. The van der Waals surface area contributed by atoms with Gasteiger partial charge in [0, 0.05) is 47.5 Å². The molecular weight excluding hydrogens is 808 g/mol. The van der Waals surface area contributed by atoms with Gasteiger partial charge in [-0.1, -0.05) is 60.7 Å². The molecule has 0 aliphatic rings. The van der Waals surface area contributed by atoms with Crippen LogP contribution < -0.4 is 0 Å². The van der Waals surface area contributed by atoms with E-state index in [0.29, 0.717) is 11.1 Å². The Kier molecular flexibility index (Phi) is 12.6. The summed E-state index contributed by atoms with van der Waals surface area (Å²) in [5, 5.41) is 45.6. The van der Waals surface area contributed by atoms with Crippen LogP contribution in [0.4, 0.5) is 22.7 Å². The number of non-ortho nitro benzene ring substituents is 2. The Morgan fingerprint density at radius 3 is 1.10 bits per heavy atom. The molecular formula is C44H26N4O14. The van der Waals surface area contributed by atoms with Gasteiger partial charge in [-0.3, -0.25) is 50.0 Å². The number of carbonyl (C=O) groups excluding carboxylic acids is 4. The smallest absolute Gasteiger partial charge is 0.288 e. The Bertz CT molecular complexity index is 2690. The Morgan fingerprint density at radius 2 is 0.758 bits per heavy atom. The molecule has 18 heteroatoms. The maximum absolute atomic E-state index is 13.5. The van der Waals surface area contributed by atoms with Crippen LogP contribution in [0.1, 0.15) is 74.8 Å². The van der Waals surface area contributed by atoms with Crippen molar-refractivity contribution in [3.63, 3.8) is 0 Å². The molecule has 0 bridgehead atoms. The Hall–Kier alpha value is -9.32. The molecule has 6 rings (SSSR count). The van der Waals surface area contributed by atoms with Crippen LogP contribution in [0.2, 0.25) is 0 Å². The lowest BCUT2D eigenvalue weighted by Gasteiger charge is -2.10. The fourth-order valence-electron chi connectivity index (χ4n) is 5.97. The molecule has 0 aliphatic carbocycles. The summed E-state index contributed by atoms with van der Waals surface area (Å²) in [6.45, 7) is 0.